The van der Waals surface area contributed by atoms with Crippen molar-refractivity contribution in [3.63, 3.8) is 0 Å². The van der Waals surface area contributed by atoms with E-state index in [2.05, 4.69) is 9.80 Å². The average Bonchev–Trinajstić information content (AvgIpc) is 2.77. The lowest BCUT2D eigenvalue weighted by Crippen LogP contribution is -2.53. The van der Waals surface area contributed by atoms with Crippen LogP contribution in [0.1, 0.15) is 38.5 Å². The molecule has 0 aliphatic carbocycles. The summed E-state index contributed by atoms with van der Waals surface area (Å²) in [5, 5.41) is 0. The fourth-order valence-electron chi connectivity index (χ4n) is 4.01. The molecule has 0 aromatic heterocycles. The lowest BCUT2D eigenvalue weighted by Gasteiger charge is -2.40. The Bertz CT molecular complexity index is 366. The third kappa shape index (κ3) is 3.14. The van der Waals surface area contributed by atoms with Gasteiger partial charge in [-0.05, 0) is 51.9 Å². The second-order valence-corrected chi connectivity index (χ2v) is 8.56. The quantitative estimate of drug-likeness (QED) is 0.763. The molecule has 0 saturated carbocycles. The molecule has 4 nitrogen and oxygen atoms in total. The van der Waals surface area contributed by atoms with Gasteiger partial charge in [-0.3, -0.25) is 9.80 Å². The van der Waals surface area contributed by atoms with Crippen molar-refractivity contribution in [1.82, 2.24) is 9.80 Å². The van der Waals surface area contributed by atoms with Crippen LogP contribution in [0.4, 0.5) is 0 Å². The summed E-state index contributed by atoms with van der Waals surface area (Å²) in [4.78, 5) is 4.93. The Labute approximate surface area is 117 Å². The van der Waals surface area contributed by atoms with Crippen molar-refractivity contribution in [2.75, 3.05) is 37.7 Å². The van der Waals surface area contributed by atoms with Crippen molar-refractivity contribution in [2.45, 2.75) is 50.6 Å². The van der Waals surface area contributed by atoms with Crippen LogP contribution in [0.25, 0.3) is 0 Å². The molecule has 0 bridgehead atoms. The van der Waals surface area contributed by atoms with Crippen LogP contribution in [0, 0.1) is 0 Å². The molecule has 0 spiro atoms. The predicted octanol–water partition coefficient (Wildman–Crippen LogP) is 1.12. The maximum absolute atomic E-state index is 12.1. The Balaban J connectivity index is 1.74. The number of piperidine rings is 2. The molecule has 0 amide bonds. The monoisotopic (exact) mass is 286 g/mol. The van der Waals surface area contributed by atoms with E-state index in [1.165, 1.54) is 38.5 Å². The topological polar surface area (TPSA) is 40.6 Å². The van der Waals surface area contributed by atoms with E-state index < -0.39 is 9.84 Å². The summed E-state index contributed by atoms with van der Waals surface area (Å²) in [6, 6.07) is 0.534. The molecular weight excluding hydrogens is 260 g/mol. The highest BCUT2D eigenvalue weighted by molar-refractivity contribution is 7.91. The second kappa shape index (κ2) is 5.70. The maximum atomic E-state index is 12.1. The largest absolute Gasteiger partial charge is 0.298 e. The highest BCUT2D eigenvalue weighted by atomic mass is 32.2. The average molecular weight is 286 g/mol. The highest BCUT2D eigenvalue weighted by Gasteiger charge is 2.43. The Morgan fingerprint density at radius 2 is 1.00 bits per heavy atom. The van der Waals surface area contributed by atoms with E-state index in [-0.39, 0.29) is 12.1 Å². The van der Waals surface area contributed by atoms with Crippen LogP contribution in [0.15, 0.2) is 0 Å². The zero-order valence-corrected chi connectivity index (χ0v) is 12.6. The maximum Gasteiger partial charge on any atom is 0.153 e. The Morgan fingerprint density at radius 1 is 0.632 bits per heavy atom. The molecule has 19 heavy (non-hydrogen) atoms. The first-order chi connectivity index (χ1) is 9.16. The smallest absolute Gasteiger partial charge is 0.153 e. The summed E-state index contributed by atoms with van der Waals surface area (Å²) in [5.74, 6) is 0.794. The molecule has 3 aliphatic rings. The predicted molar refractivity (Wildman–Crippen MR) is 77.1 cm³/mol. The van der Waals surface area contributed by atoms with E-state index in [0.29, 0.717) is 11.5 Å². The lowest BCUT2D eigenvalue weighted by molar-refractivity contribution is 0.0808. The summed E-state index contributed by atoms with van der Waals surface area (Å²) < 4.78 is 24.2. The van der Waals surface area contributed by atoms with Gasteiger partial charge in [-0.1, -0.05) is 12.8 Å². The van der Waals surface area contributed by atoms with Crippen molar-refractivity contribution in [1.29, 1.82) is 0 Å². The van der Waals surface area contributed by atoms with E-state index in [9.17, 15) is 8.42 Å². The first-order valence-corrected chi connectivity index (χ1v) is 9.66. The van der Waals surface area contributed by atoms with Gasteiger partial charge in [-0.15, -0.1) is 0 Å². The molecule has 0 aromatic carbocycles. The van der Waals surface area contributed by atoms with Crippen molar-refractivity contribution in [2.24, 2.45) is 0 Å². The van der Waals surface area contributed by atoms with Gasteiger partial charge in [-0.2, -0.15) is 0 Å². The van der Waals surface area contributed by atoms with Crippen LogP contribution in [-0.2, 0) is 9.84 Å². The first-order valence-electron chi connectivity index (χ1n) is 7.84. The standard InChI is InChI=1S/C14H26N2O2S/c17-19(18)11-13(15-7-3-1-4-8-15)14(12-19)16-9-5-2-6-10-16/h13-14H,1-12H2/t13-,14-/m0/s1. The Kier molecular flexibility index (Phi) is 4.15. The van der Waals surface area contributed by atoms with Crippen LogP contribution < -0.4 is 0 Å². The summed E-state index contributed by atoms with van der Waals surface area (Å²) in [6.45, 7) is 4.41. The van der Waals surface area contributed by atoms with Gasteiger partial charge in [0, 0.05) is 12.1 Å². The molecule has 3 heterocycles. The zero-order valence-electron chi connectivity index (χ0n) is 11.8. The van der Waals surface area contributed by atoms with Crippen LogP contribution in [-0.4, -0.2) is 68.0 Å². The van der Waals surface area contributed by atoms with Gasteiger partial charge in [0.05, 0.1) is 11.5 Å². The summed E-state index contributed by atoms with van der Waals surface area (Å²) in [7, 11) is -2.83. The number of sulfone groups is 1. The van der Waals surface area contributed by atoms with Crippen LogP contribution in [0.2, 0.25) is 0 Å². The van der Waals surface area contributed by atoms with E-state index >= 15 is 0 Å². The van der Waals surface area contributed by atoms with Crippen LogP contribution in [0.5, 0.6) is 0 Å². The fraction of sp³-hybridized carbons (Fsp3) is 1.00. The second-order valence-electron chi connectivity index (χ2n) is 6.40. The van der Waals surface area contributed by atoms with E-state index in [4.69, 9.17) is 0 Å². The number of hydrogen-bond donors (Lipinski definition) is 0. The summed E-state index contributed by atoms with van der Waals surface area (Å²) in [5.41, 5.74) is 0. The van der Waals surface area contributed by atoms with Crippen LogP contribution >= 0.6 is 0 Å². The lowest BCUT2D eigenvalue weighted by atomic mass is 10.0. The fourth-order valence-corrected chi connectivity index (χ4v) is 6.05. The summed E-state index contributed by atoms with van der Waals surface area (Å²) in [6.07, 6.45) is 7.58. The molecule has 3 aliphatic heterocycles. The van der Waals surface area contributed by atoms with Crippen molar-refractivity contribution in [3.05, 3.63) is 0 Å². The SMILES string of the molecule is O=S1(=O)C[C@H](N2CCCCC2)[C@@H](N2CCCCC2)C1. The molecule has 110 valence electrons. The number of nitrogens with zero attached hydrogens (tertiary/aromatic N) is 2. The minimum Gasteiger partial charge on any atom is -0.298 e. The molecule has 0 aromatic rings. The zero-order chi connectivity index (χ0) is 13.3. The third-order valence-corrected chi connectivity index (χ3v) is 6.71. The van der Waals surface area contributed by atoms with Gasteiger partial charge in [-0.25, -0.2) is 8.42 Å². The Morgan fingerprint density at radius 3 is 1.37 bits per heavy atom. The molecule has 3 fully saturated rings. The van der Waals surface area contributed by atoms with E-state index in [1.54, 1.807) is 0 Å². The molecule has 0 unspecified atom stereocenters. The molecule has 0 radical (unpaired) electrons. The number of likely N-dealkylation sites (tertiary alicyclic amines) is 2. The normalized spacial score (nSPS) is 37.5. The van der Waals surface area contributed by atoms with Crippen molar-refractivity contribution >= 4 is 9.84 Å². The molecule has 0 N–H and O–H groups in total. The molecule has 3 saturated heterocycles. The minimum absolute atomic E-state index is 0.267. The molecular formula is C14H26N2O2S. The van der Waals surface area contributed by atoms with Crippen molar-refractivity contribution < 1.29 is 8.42 Å². The van der Waals surface area contributed by atoms with Gasteiger partial charge in [0.1, 0.15) is 0 Å². The first kappa shape index (κ1) is 13.8. The van der Waals surface area contributed by atoms with Gasteiger partial charge < -0.3 is 0 Å². The number of rotatable bonds is 2. The number of hydrogen-bond acceptors (Lipinski definition) is 4. The molecule has 3 rings (SSSR count). The third-order valence-electron chi connectivity index (χ3n) is 5.01. The molecule has 2 atom stereocenters. The molecule has 5 heteroatoms. The van der Waals surface area contributed by atoms with E-state index in [1.807, 2.05) is 0 Å². The highest BCUT2D eigenvalue weighted by Crippen LogP contribution is 2.27. The minimum atomic E-state index is -2.83. The van der Waals surface area contributed by atoms with Crippen molar-refractivity contribution in [3.8, 4) is 0 Å². The van der Waals surface area contributed by atoms with E-state index in [0.717, 1.165) is 26.2 Å². The summed E-state index contributed by atoms with van der Waals surface area (Å²) >= 11 is 0. The van der Waals surface area contributed by atoms with Gasteiger partial charge in [0.15, 0.2) is 9.84 Å². The Hall–Kier alpha value is -0.130. The van der Waals surface area contributed by atoms with Crippen LogP contribution in [0.3, 0.4) is 0 Å². The van der Waals surface area contributed by atoms with Gasteiger partial charge in [0.25, 0.3) is 0 Å². The van der Waals surface area contributed by atoms with Gasteiger partial charge in [0.2, 0.25) is 0 Å². The van der Waals surface area contributed by atoms with Gasteiger partial charge >= 0.3 is 0 Å².